The van der Waals surface area contributed by atoms with Gasteiger partial charge in [-0.05, 0) is 25.0 Å². The fraction of sp³-hybridized carbons (Fsp3) is 0.647. The van der Waals surface area contributed by atoms with E-state index in [1.54, 1.807) is 0 Å². The number of nitrogens with two attached hydrogens (primary N) is 1. The molecule has 1 saturated carbocycles. The van der Waals surface area contributed by atoms with E-state index in [4.69, 9.17) is 10.5 Å². The molecule has 1 aliphatic heterocycles. The lowest BCUT2D eigenvalue weighted by Gasteiger charge is -2.63. The Hall–Kier alpha value is -1.06. The van der Waals surface area contributed by atoms with Crippen LogP contribution in [0.2, 0.25) is 0 Å². The molecule has 0 spiro atoms. The second-order valence-electron chi connectivity index (χ2n) is 7.09. The molecule has 2 N–H and O–H groups in total. The number of hydrogen-bond donors (Lipinski definition) is 1. The molecule has 0 amide bonds. The van der Waals surface area contributed by atoms with Gasteiger partial charge in [-0.2, -0.15) is 0 Å². The van der Waals surface area contributed by atoms with E-state index in [0.29, 0.717) is 12.0 Å². The van der Waals surface area contributed by atoms with Crippen molar-refractivity contribution in [1.29, 1.82) is 0 Å². The van der Waals surface area contributed by atoms with Crippen LogP contribution >= 0.6 is 0 Å². The predicted octanol–water partition coefficient (Wildman–Crippen LogP) is 2.57. The molecule has 2 fully saturated rings. The number of likely N-dealkylation sites (N-methyl/N-ethyl adjacent to an activating group) is 1. The van der Waals surface area contributed by atoms with Crippen molar-refractivity contribution in [2.24, 2.45) is 17.1 Å². The summed E-state index contributed by atoms with van der Waals surface area (Å²) in [6, 6.07) is 8.50. The first kappa shape index (κ1) is 13.9. The monoisotopic (exact) mass is 274 g/mol. The first-order chi connectivity index (χ1) is 9.38. The molecule has 3 unspecified atom stereocenters. The Morgan fingerprint density at radius 2 is 2.05 bits per heavy atom. The number of aryl methyl sites for hydroxylation is 1. The first-order valence-corrected chi connectivity index (χ1v) is 7.55. The molecule has 1 saturated heterocycles. The zero-order chi connectivity index (χ0) is 14.5. The maximum atomic E-state index is 6.83. The zero-order valence-electron chi connectivity index (χ0n) is 13.0. The van der Waals surface area contributed by atoms with Gasteiger partial charge in [-0.1, -0.05) is 32.0 Å². The third-order valence-electron chi connectivity index (χ3n) is 5.69. The molecule has 2 aliphatic rings. The standard InChI is InChI=1S/C17H26N2O/c1-12-7-5-6-8-14(12)19(4)11-17(18)13-9-10-20-15(13)16(17,2)3/h5-8,13,15H,9-11,18H2,1-4H3. The summed E-state index contributed by atoms with van der Waals surface area (Å²) in [6.07, 6.45) is 1.45. The quantitative estimate of drug-likeness (QED) is 0.920. The van der Waals surface area contributed by atoms with Gasteiger partial charge in [0, 0.05) is 42.8 Å². The predicted molar refractivity (Wildman–Crippen MR) is 83.0 cm³/mol. The second kappa shape index (κ2) is 4.47. The molecular formula is C17H26N2O. The summed E-state index contributed by atoms with van der Waals surface area (Å²) in [5.41, 5.74) is 9.29. The van der Waals surface area contributed by atoms with E-state index in [-0.39, 0.29) is 11.0 Å². The van der Waals surface area contributed by atoms with E-state index in [9.17, 15) is 0 Å². The Labute approximate surface area is 122 Å². The molecule has 3 nitrogen and oxygen atoms in total. The van der Waals surface area contributed by atoms with Gasteiger partial charge in [-0.25, -0.2) is 0 Å². The van der Waals surface area contributed by atoms with Crippen molar-refractivity contribution in [2.45, 2.75) is 38.8 Å². The van der Waals surface area contributed by atoms with Gasteiger partial charge >= 0.3 is 0 Å². The number of benzene rings is 1. The van der Waals surface area contributed by atoms with Crippen LogP contribution in [-0.4, -0.2) is 31.8 Å². The fourth-order valence-electron chi connectivity index (χ4n) is 4.27. The van der Waals surface area contributed by atoms with Crippen molar-refractivity contribution in [3.05, 3.63) is 29.8 Å². The minimum atomic E-state index is -0.162. The minimum Gasteiger partial charge on any atom is -0.377 e. The number of hydrogen-bond acceptors (Lipinski definition) is 3. The maximum absolute atomic E-state index is 6.83. The average Bonchev–Trinajstić information content (AvgIpc) is 2.87. The Kier molecular flexibility index (Phi) is 3.11. The summed E-state index contributed by atoms with van der Waals surface area (Å²) in [4.78, 5) is 2.31. The van der Waals surface area contributed by atoms with Crippen LogP contribution in [0.25, 0.3) is 0 Å². The molecule has 0 aromatic heterocycles. The summed E-state index contributed by atoms with van der Waals surface area (Å²) in [5, 5.41) is 0. The van der Waals surface area contributed by atoms with Gasteiger partial charge in [0.15, 0.2) is 0 Å². The number of ether oxygens (including phenoxy) is 1. The Morgan fingerprint density at radius 3 is 2.75 bits per heavy atom. The highest BCUT2D eigenvalue weighted by molar-refractivity contribution is 5.53. The first-order valence-electron chi connectivity index (χ1n) is 7.55. The Bertz CT molecular complexity index is 513. The largest absolute Gasteiger partial charge is 0.377 e. The highest BCUT2D eigenvalue weighted by atomic mass is 16.5. The van der Waals surface area contributed by atoms with Crippen LogP contribution in [0.1, 0.15) is 25.8 Å². The highest BCUT2D eigenvalue weighted by Crippen LogP contribution is 2.58. The Morgan fingerprint density at radius 1 is 1.35 bits per heavy atom. The van der Waals surface area contributed by atoms with Gasteiger partial charge < -0.3 is 15.4 Å². The topological polar surface area (TPSA) is 38.5 Å². The molecule has 3 atom stereocenters. The third kappa shape index (κ3) is 1.73. The third-order valence-corrected chi connectivity index (χ3v) is 5.69. The summed E-state index contributed by atoms with van der Waals surface area (Å²) < 4.78 is 5.88. The van der Waals surface area contributed by atoms with Crippen LogP contribution < -0.4 is 10.6 Å². The van der Waals surface area contributed by atoms with E-state index in [0.717, 1.165) is 19.6 Å². The molecular weight excluding hydrogens is 248 g/mol. The number of fused-ring (bicyclic) bond motifs is 1. The number of rotatable bonds is 3. The van der Waals surface area contributed by atoms with Crippen molar-refractivity contribution in [2.75, 3.05) is 25.1 Å². The van der Waals surface area contributed by atoms with E-state index in [1.165, 1.54) is 11.3 Å². The van der Waals surface area contributed by atoms with Crippen LogP contribution in [0.4, 0.5) is 5.69 Å². The fourth-order valence-corrected chi connectivity index (χ4v) is 4.27. The summed E-state index contributed by atoms with van der Waals surface area (Å²) in [6.45, 7) is 8.42. The molecule has 0 radical (unpaired) electrons. The van der Waals surface area contributed by atoms with Gasteiger partial charge in [0.05, 0.1) is 6.10 Å². The number of para-hydroxylation sites is 1. The normalized spacial score (nSPS) is 34.5. The summed E-state index contributed by atoms with van der Waals surface area (Å²) in [7, 11) is 2.15. The molecule has 3 heteroatoms. The molecule has 110 valence electrons. The number of nitrogens with zero attached hydrogens (tertiary/aromatic N) is 1. The van der Waals surface area contributed by atoms with Gasteiger partial charge in [0.2, 0.25) is 0 Å². The number of anilines is 1. The SMILES string of the molecule is Cc1ccccc1N(C)CC1(N)C2CCOC2C1(C)C. The van der Waals surface area contributed by atoms with E-state index in [2.05, 4.69) is 57.0 Å². The highest BCUT2D eigenvalue weighted by Gasteiger charge is 2.67. The van der Waals surface area contributed by atoms with Gasteiger partial charge in [0.1, 0.15) is 0 Å². The van der Waals surface area contributed by atoms with Crippen molar-refractivity contribution >= 4 is 5.69 Å². The molecule has 3 rings (SSSR count). The van der Waals surface area contributed by atoms with Gasteiger partial charge in [0.25, 0.3) is 0 Å². The van der Waals surface area contributed by atoms with Crippen LogP contribution in [0, 0.1) is 18.3 Å². The molecule has 20 heavy (non-hydrogen) atoms. The molecule has 1 aliphatic carbocycles. The lowest BCUT2D eigenvalue weighted by atomic mass is 9.48. The van der Waals surface area contributed by atoms with Crippen molar-refractivity contribution in [3.63, 3.8) is 0 Å². The molecule has 1 aromatic carbocycles. The van der Waals surface area contributed by atoms with Crippen LogP contribution in [0.15, 0.2) is 24.3 Å². The van der Waals surface area contributed by atoms with Crippen LogP contribution in [0.3, 0.4) is 0 Å². The summed E-state index contributed by atoms with van der Waals surface area (Å²) in [5.74, 6) is 0.504. The Balaban J connectivity index is 1.82. The van der Waals surface area contributed by atoms with Crippen molar-refractivity contribution in [3.8, 4) is 0 Å². The van der Waals surface area contributed by atoms with E-state index >= 15 is 0 Å². The minimum absolute atomic E-state index is 0.0467. The smallest absolute Gasteiger partial charge is 0.0691 e. The van der Waals surface area contributed by atoms with E-state index in [1.807, 2.05) is 0 Å². The molecule has 0 bridgehead atoms. The average molecular weight is 274 g/mol. The molecule has 1 heterocycles. The molecule has 1 aromatic rings. The van der Waals surface area contributed by atoms with Crippen molar-refractivity contribution in [1.82, 2.24) is 0 Å². The maximum Gasteiger partial charge on any atom is 0.0691 e. The lowest BCUT2D eigenvalue weighted by Crippen LogP contribution is -2.78. The lowest BCUT2D eigenvalue weighted by molar-refractivity contribution is -0.150. The second-order valence-corrected chi connectivity index (χ2v) is 7.09. The van der Waals surface area contributed by atoms with E-state index < -0.39 is 0 Å². The van der Waals surface area contributed by atoms with Gasteiger partial charge in [-0.15, -0.1) is 0 Å². The van der Waals surface area contributed by atoms with Crippen LogP contribution in [0.5, 0.6) is 0 Å². The van der Waals surface area contributed by atoms with Gasteiger partial charge in [-0.3, -0.25) is 0 Å². The summed E-state index contributed by atoms with van der Waals surface area (Å²) >= 11 is 0. The van der Waals surface area contributed by atoms with Crippen LogP contribution in [-0.2, 0) is 4.74 Å². The van der Waals surface area contributed by atoms with Crippen molar-refractivity contribution < 1.29 is 4.74 Å². The zero-order valence-corrected chi connectivity index (χ0v) is 13.0.